The van der Waals surface area contributed by atoms with Crippen LogP contribution >= 0.6 is 24.0 Å². The first-order valence-electron chi connectivity index (χ1n) is 9.41. The third-order valence-corrected chi connectivity index (χ3v) is 6.41. The van der Waals surface area contributed by atoms with E-state index in [-0.39, 0.29) is 10.2 Å². The lowest BCUT2D eigenvalue weighted by Crippen LogP contribution is -2.34. The molecule has 2 amide bonds. The molecule has 0 bridgehead atoms. The SMILES string of the molecule is O=C1/C(=C/c2c3ccccc3cc3ccccc23)SC(=S)N1C(=O)c1ccccc1. The molecule has 3 nitrogen and oxygen atoms in total. The number of benzene rings is 4. The number of carbonyl (C=O) groups excluding carboxylic acids is 2. The monoisotopic (exact) mass is 425 g/mol. The number of thiocarbonyl (C=S) groups is 1. The number of fused-ring (bicyclic) bond motifs is 2. The van der Waals surface area contributed by atoms with Crippen molar-refractivity contribution in [2.24, 2.45) is 0 Å². The Balaban J connectivity index is 1.64. The van der Waals surface area contributed by atoms with Gasteiger partial charge < -0.3 is 0 Å². The minimum atomic E-state index is -0.399. The van der Waals surface area contributed by atoms with Crippen LogP contribution < -0.4 is 0 Å². The molecule has 0 aromatic heterocycles. The van der Waals surface area contributed by atoms with Crippen LogP contribution in [0.25, 0.3) is 27.6 Å². The van der Waals surface area contributed by atoms with Gasteiger partial charge in [-0.1, -0.05) is 90.7 Å². The smallest absolute Gasteiger partial charge is 0.268 e. The summed E-state index contributed by atoms with van der Waals surface area (Å²) in [4.78, 5) is 27.5. The Labute approximate surface area is 183 Å². The number of thioether (sulfide) groups is 1. The summed E-state index contributed by atoms with van der Waals surface area (Å²) in [5, 5.41) is 4.29. The summed E-state index contributed by atoms with van der Waals surface area (Å²) >= 11 is 6.55. The number of hydrogen-bond acceptors (Lipinski definition) is 4. The van der Waals surface area contributed by atoms with Gasteiger partial charge in [0.05, 0.1) is 4.91 Å². The number of imide groups is 1. The number of carbonyl (C=O) groups is 2. The van der Waals surface area contributed by atoms with E-state index in [2.05, 4.69) is 18.2 Å². The van der Waals surface area contributed by atoms with E-state index < -0.39 is 5.91 Å². The molecule has 5 heteroatoms. The van der Waals surface area contributed by atoms with E-state index in [1.165, 1.54) is 0 Å². The van der Waals surface area contributed by atoms with Crippen LogP contribution in [0.15, 0.2) is 89.8 Å². The first kappa shape index (κ1) is 18.7. The van der Waals surface area contributed by atoms with E-state index in [1.54, 1.807) is 24.3 Å². The molecule has 1 aliphatic heterocycles. The van der Waals surface area contributed by atoms with Gasteiger partial charge in [-0.2, -0.15) is 0 Å². The van der Waals surface area contributed by atoms with E-state index in [4.69, 9.17) is 12.2 Å². The van der Waals surface area contributed by atoms with Gasteiger partial charge in [0.2, 0.25) is 0 Å². The second-order valence-corrected chi connectivity index (χ2v) is 8.60. The van der Waals surface area contributed by atoms with Crippen molar-refractivity contribution in [3.05, 3.63) is 101 Å². The molecule has 144 valence electrons. The summed E-state index contributed by atoms with van der Waals surface area (Å²) in [6, 6.07) is 27.0. The Morgan fingerprint density at radius 3 is 2.03 bits per heavy atom. The van der Waals surface area contributed by atoms with Crippen LogP contribution in [0, 0.1) is 0 Å². The number of amides is 2. The molecule has 1 fully saturated rings. The minimum Gasteiger partial charge on any atom is -0.268 e. The first-order valence-corrected chi connectivity index (χ1v) is 10.6. The second kappa shape index (κ2) is 7.52. The van der Waals surface area contributed by atoms with Gasteiger partial charge >= 0.3 is 0 Å². The maximum Gasteiger partial charge on any atom is 0.273 e. The summed E-state index contributed by atoms with van der Waals surface area (Å²) in [5.74, 6) is -0.778. The lowest BCUT2D eigenvalue weighted by Gasteiger charge is -2.12. The molecule has 0 atom stereocenters. The van der Waals surface area contributed by atoms with Crippen molar-refractivity contribution >= 4 is 67.7 Å². The zero-order chi connectivity index (χ0) is 20.7. The van der Waals surface area contributed by atoms with Crippen molar-refractivity contribution in [3.63, 3.8) is 0 Å². The molecule has 1 heterocycles. The molecular weight excluding hydrogens is 410 g/mol. The van der Waals surface area contributed by atoms with Crippen molar-refractivity contribution in [1.29, 1.82) is 0 Å². The number of nitrogens with zero attached hydrogens (tertiary/aromatic N) is 1. The highest BCUT2D eigenvalue weighted by atomic mass is 32.2. The van der Waals surface area contributed by atoms with Crippen LogP contribution in [0.2, 0.25) is 0 Å². The molecule has 0 radical (unpaired) electrons. The largest absolute Gasteiger partial charge is 0.273 e. The van der Waals surface area contributed by atoms with Gasteiger partial charge in [0.25, 0.3) is 11.8 Å². The van der Waals surface area contributed by atoms with Crippen LogP contribution in [0.4, 0.5) is 0 Å². The number of hydrogen-bond donors (Lipinski definition) is 0. The van der Waals surface area contributed by atoms with Crippen molar-refractivity contribution < 1.29 is 9.59 Å². The van der Waals surface area contributed by atoms with Crippen molar-refractivity contribution in [2.45, 2.75) is 0 Å². The van der Waals surface area contributed by atoms with Gasteiger partial charge in [-0.3, -0.25) is 9.59 Å². The van der Waals surface area contributed by atoms with Crippen LogP contribution in [-0.2, 0) is 4.79 Å². The molecule has 1 saturated heterocycles. The third-order valence-electron chi connectivity index (χ3n) is 5.11. The van der Waals surface area contributed by atoms with Crippen molar-refractivity contribution in [3.8, 4) is 0 Å². The Morgan fingerprint density at radius 1 is 0.833 bits per heavy atom. The van der Waals surface area contributed by atoms with Gasteiger partial charge in [0, 0.05) is 5.56 Å². The predicted molar refractivity (Wildman–Crippen MR) is 127 cm³/mol. The molecular formula is C25H15NO2S2. The molecule has 4 aromatic rings. The zero-order valence-corrected chi connectivity index (χ0v) is 17.4. The second-order valence-electron chi connectivity index (χ2n) is 6.92. The zero-order valence-electron chi connectivity index (χ0n) is 15.7. The third kappa shape index (κ3) is 3.12. The average molecular weight is 426 g/mol. The Kier molecular flexibility index (Phi) is 4.69. The molecule has 0 aliphatic carbocycles. The van der Waals surface area contributed by atoms with Gasteiger partial charge in [-0.05, 0) is 51.4 Å². The Hall–Kier alpha value is -3.28. The quantitative estimate of drug-likeness (QED) is 0.170. The maximum absolute atomic E-state index is 13.1. The molecule has 0 spiro atoms. The van der Waals surface area contributed by atoms with Gasteiger partial charge in [0.15, 0.2) is 4.32 Å². The molecule has 1 aliphatic rings. The van der Waals surface area contributed by atoms with E-state index in [1.807, 2.05) is 48.5 Å². The lowest BCUT2D eigenvalue weighted by molar-refractivity contribution is -0.120. The topological polar surface area (TPSA) is 37.4 Å². The van der Waals surface area contributed by atoms with Gasteiger partial charge in [0.1, 0.15) is 0 Å². The molecule has 0 N–H and O–H groups in total. The highest BCUT2D eigenvalue weighted by Crippen LogP contribution is 2.37. The average Bonchev–Trinajstić information content (AvgIpc) is 3.06. The van der Waals surface area contributed by atoms with Crippen LogP contribution in [0.5, 0.6) is 0 Å². The van der Waals surface area contributed by atoms with Gasteiger partial charge in [-0.15, -0.1) is 0 Å². The molecule has 0 unspecified atom stereocenters. The summed E-state index contributed by atoms with van der Waals surface area (Å²) < 4.78 is 0.254. The summed E-state index contributed by atoms with van der Waals surface area (Å²) in [5.41, 5.74) is 1.39. The van der Waals surface area contributed by atoms with E-state index in [0.29, 0.717) is 10.5 Å². The fourth-order valence-corrected chi connectivity index (χ4v) is 4.92. The van der Waals surface area contributed by atoms with Crippen molar-refractivity contribution in [2.75, 3.05) is 0 Å². The standard InChI is InChI=1S/C25H15NO2S2/c27-23(16-8-2-1-3-9-16)26-24(28)22(30-25(26)29)15-21-19-12-6-4-10-17(19)14-18-11-5-7-13-20(18)21/h1-15H/b22-15-. The van der Waals surface area contributed by atoms with Crippen LogP contribution in [0.3, 0.4) is 0 Å². The fraction of sp³-hybridized carbons (Fsp3) is 0. The first-order chi connectivity index (χ1) is 14.6. The molecule has 0 saturated carbocycles. The normalized spacial score (nSPS) is 15.5. The minimum absolute atomic E-state index is 0.254. The maximum atomic E-state index is 13.1. The van der Waals surface area contributed by atoms with E-state index in [9.17, 15) is 9.59 Å². The summed E-state index contributed by atoms with van der Waals surface area (Å²) in [6.07, 6.45) is 1.86. The predicted octanol–water partition coefficient (Wildman–Crippen LogP) is 6.03. The fourth-order valence-electron chi connectivity index (χ4n) is 3.69. The molecule has 30 heavy (non-hydrogen) atoms. The number of rotatable bonds is 2. The van der Waals surface area contributed by atoms with E-state index >= 15 is 0 Å². The molecule has 5 rings (SSSR count). The van der Waals surface area contributed by atoms with E-state index in [0.717, 1.165) is 43.8 Å². The van der Waals surface area contributed by atoms with Gasteiger partial charge in [-0.25, -0.2) is 4.90 Å². The van der Waals surface area contributed by atoms with Crippen LogP contribution in [-0.4, -0.2) is 21.0 Å². The van der Waals surface area contributed by atoms with Crippen molar-refractivity contribution in [1.82, 2.24) is 4.90 Å². The highest BCUT2D eigenvalue weighted by molar-refractivity contribution is 8.26. The van der Waals surface area contributed by atoms with Crippen LogP contribution in [0.1, 0.15) is 15.9 Å². The Bertz CT molecular complexity index is 1320. The summed E-state index contributed by atoms with van der Waals surface area (Å²) in [7, 11) is 0. The highest BCUT2D eigenvalue weighted by Gasteiger charge is 2.37. The lowest BCUT2D eigenvalue weighted by atomic mass is 9.96. The Morgan fingerprint density at radius 2 is 1.40 bits per heavy atom. The summed E-state index contributed by atoms with van der Waals surface area (Å²) in [6.45, 7) is 0. The molecule has 4 aromatic carbocycles.